The van der Waals surface area contributed by atoms with Gasteiger partial charge < -0.3 is 4.74 Å². The maximum atomic E-state index is 5.29. The Hall–Kier alpha value is 0.360. The minimum absolute atomic E-state index is 0.758. The highest BCUT2D eigenvalue weighted by molar-refractivity contribution is 8.01. The molecule has 0 amide bonds. The molecule has 0 unspecified atom stereocenters. The summed E-state index contributed by atoms with van der Waals surface area (Å²) in [5.74, 6) is 1.85. The second kappa shape index (κ2) is 6.83. The molecule has 12 heavy (non-hydrogen) atoms. The minimum atomic E-state index is 0.758. The van der Waals surface area contributed by atoms with Crippen molar-refractivity contribution in [1.82, 2.24) is 0 Å². The van der Waals surface area contributed by atoms with Gasteiger partial charge in [-0.05, 0) is 11.4 Å². The molecule has 0 atom stereocenters. The Bertz CT molecular complexity index is 186. The summed E-state index contributed by atoms with van der Waals surface area (Å²) in [5, 5.41) is 2.09. The normalized spacial score (nSPS) is 10.4. The molecule has 0 spiro atoms. The molecule has 1 aromatic rings. The number of thiol groups is 1. The molecule has 0 radical (unpaired) electrons. The number of hydrogen-bond donors (Lipinski definition) is 1. The zero-order valence-electron chi connectivity index (χ0n) is 6.73. The van der Waals surface area contributed by atoms with Crippen molar-refractivity contribution in [2.24, 2.45) is 0 Å². The van der Waals surface area contributed by atoms with Gasteiger partial charge in [0.2, 0.25) is 0 Å². The third-order valence-corrected chi connectivity index (χ3v) is 3.48. The van der Waals surface area contributed by atoms with Gasteiger partial charge in [0.15, 0.2) is 0 Å². The van der Waals surface area contributed by atoms with Crippen LogP contribution in [-0.2, 0) is 4.74 Å². The summed E-state index contributed by atoms with van der Waals surface area (Å²) < 4.78 is 6.65. The molecule has 1 aromatic heterocycles. The number of rotatable bonds is 6. The maximum Gasteiger partial charge on any atom is 0.0599 e. The van der Waals surface area contributed by atoms with Crippen LogP contribution in [0.2, 0.25) is 0 Å². The molecule has 0 fully saturated rings. The highest BCUT2D eigenvalue weighted by Gasteiger charge is 1.93. The van der Waals surface area contributed by atoms with Crippen LogP contribution in [-0.4, -0.2) is 24.7 Å². The highest BCUT2D eigenvalue weighted by atomic mass is 32.2. The van der Waals surface area contributed by atoms with Crippen LogP contribution in [0.3, 0.4) is 0 Å². The number of hydrogen-bond acceptors (Lipinski definition) is 4. The van der Waals surface area contributed by atoms with Crippen LogP contribution in [0.1, 0.15) is 0 Å². The van der Waals surface area contributed by atoms with Gasteiger partial charge in [0, 0.05) is 11.5 Å². The molecule has 68 valence electrons. The Balaban J connectivity index is 1.96. The third kappa shape index (κ3) is 4.40. The Labute approximate surface area is 86.9 Å². The molecular weight excluding hydrogens is 208 g/mol. The first kappa shape index (κ1) is 10.4. The third-order valence-electron chi connectivity index (χ3n) is 1.20. The van der Waals surface area contributed by atoms with E-state index in [4.69, 9.17) is 4.74 Å². The van der Waals surface area contributed by atoms with Crippen molar-refractivity contribution in [3.05, 3.63) is 17.5 Å². The molecule has 1 rings (SSSR count). The topological polar surface area (TPSA) is 9.23 Å². The zero-order chi connectivity index (χ0) is 8.65. The standard InChI is InChI=1S/C8H12OS3/c10-5-3-9-4-7-12-8-2-1-6-11-8/h1-2,6,10H,3-5,7H2. The summed E-state index contributed by atoms with van der Waals surface area (Å²) in [6, 6.07) is 4.20. The number of thioether (sulfide) groups is 1. The summed E-state index contributed by atoms with van der Waals surface area (Å²) in [6.45, 7) is 1.58. The van der Waals surface area contributed by atoms with Gasteiger partial charge in [0.25, 0.3) is 0 Å². The highest BCUT2D eigenvalue weighted by Crippen LogP contribution is 2.22. The van der Waals surface area contributed by atoms with Crippen LogP contribution in [0.4, 0.5) is 0 Å². The smallest absolute Gasteiger partial charge is 0.0599 e. The van der Waals surface area contributed by atoms with Crippen molar-refractivity contribution in [1.29, 1.82) is 0 Å². The first-order valence-corrected chi connectivity index (χ1v) is 6.28. The van der Waals surface area contributed by atoms with Gasteiger partial charge in [-0.15, -0.1) is 23.1 Å². The maximum absolute atomic E-state index is 5.29. The Morgan fingerprint density at radius 1 is 1.50 bits per heavy atom. The first-order valence-electron chi connectivity index (χ1n) is 3.78. The quantitative estimate of drug-likeness (QED) is 0.448. The Kier molecular flexibility index (Phi) is 5.94. The van der Waals surface area contributed by atoms with Gasteiger partial charge in [0.05, 0.1) is 17.4 Å². The van der Waals surface area contributed by atoms with Gasteiger partial charge in [-0.3, -0.25) is 0 Å². The summed E-state index contributed by atoms with van der Waals surface area (Å²) in [4.78, 5) is 0. The molecule has 0 aromatic carbocycles. The van der Waals surface area contributed by atoms with E-state index >= 15 is 0 Å². The number of thiophene rings is 1. The van der Waals surface area contributed by atoms with Crippen molar-refractivity contribution in [3.8, 4) is 0 Å². The number of ether oxygens (including phenoxy) is 1. The molecule has 0 N–H and O–H groups in total. The average molecular weight is 220 g/mol. The van der Waals surface area contributed by atoms with Gasteiger partial charge in [-0.25, -0.2) is 0 Å². The predicted octanol–water partition coefficient (Wildman–Crippen LogP) is 2.79. The summed E-state index contributed by atoms with van der Waals surface area (Å²) in [7, 11) is 0. The van der Waals surface area contributed by atoms with Gasteiger partial charge in [-0.1, -0.05) is 6.07 Å². The molecular formula is C8H12OS3. The summed E-state index contributed by atoms with van der Waals surface area (Å²) in [5.41, 5.74) is 0. The fraction of sp³-hybridized carbons (Fsp3) is 0.500. The SMILES string of the molecule is SCCOCCSc1cccs1. The molecule has 0 bridgehead atoms. The van der Waals surface area contributed by atoms with E-state index in [0.717, 1.165) is 24.7 Å². The lowest BCUT2D eigenvalue weighted by atomic mass is 10.7. The fourth-order valence-corrected chi connectivity index (χ4v) is 2.56. The van der Waals surface area contributed by atoms with Crippen LogP contribution in [0, 0.1) is 0 Å². The van der Waals surface area contributed by atoms with Crippen molar-refractivity contribution in [2.45, 2.75) is 4.21 Å². The summed E-state index contributed by atoms with van der Waals surface area (Å²) >= 11 is 7.68. The van der Waals surface area contributed by atoms with E-state index < -0.39 is 0 Å². The lowest BCUT2D eigenvalue weighted by Gasteiger charge is -1.99. The monoisotopic (exact) mass is 220 g/mol. The molecule has 0 aliphatic carbocycles. The van der Waals surface area contributed by atoms with E-state index in [9.17, 15) is 0 Å². The van der Waals surface area contributed by atoms with Crippen LogP contribution >= 0.6 is 35.7 Å². The van der Waals surface area contributed by atoms with E-state index in [1.807, 2.05) is 11.8 Å². The van der Waals surface area contributed by atoms with Crippen LogP contribution in [0.15, 0.2) is 21.7 Å². The first-order chi connectivity index (χ1) is 5.93. The van der Waals surface area contributed by atoms with Crippen molar-refractivity contribution >= 4 is 35.7 Å². The predicted molar refractivity (Wildman–Crippen MR) is 59.7 cm³/mol. The van der Waals surface area contributed by atoms with E-state index in [1.165, 1.54) is 4.21 Å². The van der Waals surface area contributed by atoms with Crippen LogP contribution < -0.4 is 0 Å². The van der Waals surface area contributed by atoms with Crippen molar-refractivity contribution < 1.29 is 4.74 Å². The van der Waals surface area contributed by atoms with Crippen LogP contribution in [0.25, 0.3) is 0 Å². The van der Waals surface area contributed by atoms with Crippen LogP contribution in [0.5, 0.6) is 0 Å². The lowest BCUT2D eigenvalue weighted by Crippen LogP contribution is -1.99. The van der Waals surface area contributed by atoms with Crippen molar-refractivity contribution in [2.75, 3.05) is 24.7 Å². The van der Waals surface area contributed by atoms with E-state index in [-0.39, 0.29) is 0 Å². The van der Waals surface area contributed by atoms with Gasteiger partial charge >= 0.3 is 0 Å². The second-order valence-corrected chi connectivity index (χ2v) is 4.91. The zero-order valence-corrected chi connectivity index (χ0v) is 9.26. The molecule has 4 heteroatoms. The van der Waals surface area contributed by atoms with E-state index in [0.29, 0.717) is 0 Å². The summed E-state index contributed by atoms with van der Waals surface area (Å²) in [6.07, 6.45) is 0. The molecule has 1 heterocycles. The van der Waals surface area contributed by atoms with E-state index in [2.05, 4.69) is 30.1 Å². The Morgan fingerprint density at radius 2 is 2.42 bits per heavy atom. The lowest BCUT2D eigenvalue weighted by molar-refractivity contribution is 0.167. The molecule has 0 saturated heterocycles. The Morgan fingerprint density at radius 3 is 3.08 bits per heavy atom. The fourth-order valence-electron chi connectivity index (χ4n) is 0.713. The second-order valence-electron chi connectivity index (χ2n) is 2.12. The largest absolute Gasteiger partial charge is 0.380 e. The molecule has 1 nitrogen and oxygen atoms in total. The van der Waals surface area contributed by atoms with Gasteiger partial charge in [0.1, 0.15) is 0 Å². The minimum Gasteiger partial charge on any atom is -0.380 e. The molecule has 0 aliphatic rings. The van der Waals surface area contributed by atoms with Crippen molar-refractivity contribution in [3.63, 3.8) is 0 Å². The molecule has 0 saturated carbocycles. The average Bonchev–Trinajstić information content (AvgIpc) is 2.57. The van der Waals surface area contributed by atoms with Gasteiger partial charge in [-0.2, -0.15) is 12.6 Å². The van der Waals surface area contributed by atoms with E-state index in [1.54, 1.807) is 11.3 Å². The molecule has 0 aliphatic heterocycles.